The number of carbonyl (C=O) groups is 1. The van der Waals surface area contributed by atoms with E-state index in [2.05, 4.69) is 10.3 Å². The fourth-order valence-electron chi connectivity index (χ4n) is 2.05. The Morgan fingerprint density at radius 1 is 1.47 bits per heavy atom. The second-order valence-electron chi connectivity index (χ2n) is 4.42. The molecule has 0 atom stereocenters. The molecule has 2 heterocycles. The van der Waals surface area contributed by atoms with Gasteiger partial charge in [0.25, 0.3) is 5.69 Å². The number of nitrogens with one attached hydrogen (secondary N) is 1. The number of hydrogen-bond donors (Lipinski definition) is 1. The summed E-state index contributed by atoms with van der Waals surface area (Å²) in [5, 5.41) is 13.5. The Morgan fingerprint density at radius 2 is 2.21 bits per heavy atom. The molecular weight excluding hydrogens is 248 g/mol. The summed E-state index contributed by atoms with van der Waals surface area (Å²) in [5.74, 6) is 0.541. The van der Waals surface area contributed by atoms with Gasteiger partial charge in [-0.1, -0.05) is 0 Å². The molecule has 19 heavy (non-hydrogen) atoms. The van der Waals surface area contributed by atoms with Crippen molar-refractivity contribution >= 4 is 17.4 Å². The summed E-state index contributed by atoms with van der Waals surface area (Å²) in [7, 11) is 0. The van der Waals surface area contributed by atoms with Gasteiger partial charge in [-0.05, 0) is 12.8 Å². The number of pyridine rings is 1. The Kier molecular flexibility index (Phi) is 4.27. The maximum absolute atomic E-state index is 11.8. The molecule has 102 valence electrons. The van der Waals surface area contributed by atoms with Gasteiger partial charge in [-0.3, -0.25) is 14.9 Å². The summed E-state index contributed by atoms with van der Waals surface area (Å²) in [6, 6.07) is 2.70. The number of amides is 1. The maximum Gasteiger partial charge on any atom is 0.274 e. The van der Waals surface area contributed by atoms with E-state index in [1.54, 1.807) is 0 Å². The Labute approximate surface area is 110 Å². The monoisotopic (exact) mass is 264 g/mol. The van der Waals surface area contributed by atoms with Crippen molar-refractivity contribution in [2.24, 2.45) is 0 Å². The molecule has 7 heteroatoms. The Balaban J connectivity index is 1.80. The zero-order valence-corrected chi connectivity index (χ0v) is 10.5. The predicted octanol–water partition coefficient (Wildman–Crippen LogP) is 1.41. The number of nitro groups is 1. The smallest absolute Gasteiger partial charge is 0.274 e. The van der Waals surface area contributed by atoms with Crippen LogP contribution in [0.25, 0.3) is 0 Å². The lowest BCUT2D eigenvalue weighted by Gasteiger charge is -2.15. The van der Waals surface area contributed by atoms with Gasteiger partial charge >= 0.3 is 0 Å². The van der Waals surface area contributed by atoms with Crippen LogP contribution >= 0.6 is 0 Å². The van der Waals surface area contributed by atoms with E-state index in [1.165, 1.54) is 18.3 Å². The average molecular weight is 264 g/mol. The van der Waals surface area contributed by atoms with E-state index >= 15 is 0 Å². The molecule has 1 aromatic heterocycles. The van der Waals surface area contributed by atoms with E-state index in [0.717, 1.165) is 25.9 Å². The quantitative estimate of drug-likeness (QED) is 0.641. The molecule has 0 bridgehead atoms. The first-order chi connectivity index (χ1) is 9.16. The molecule has 1 aliphatic rings. The molecule has 0 aromatic carbocycles. The lowest BCUT2D eigenvalue weighted by Crippen LogP contribution is -2.29. The molecule has 0 saturated carbocycles. The summed E-state index contributed by atoms with van der Waals surface area (Å²) in [5.41, 5.74) is -0.0108. The standard InChI is InChI=1S/C12H16N4O3/c17-12(15-7-1-2-8-15)4-6-14-11-9-10(16(18)19)3-5-13-11/h3,5,9H,1-2,4,6-8H2,(H,13,14). The van der Waals surface area contributed by atoms with Crippen molar-refractivity contribution in [3.05, 3.63) is 28.4 Å². The van der Waals surface area contributed by atoms with Crippen LogP contribution in [0.5, 0.6) is 0 Å². The predicted molar refractivity (Wildman–Crippen MR) is 69.8 cm³/mol. The average Bonchev–Trinajstić information content (AvgIpc) is 2.93. The van der Waals surface area contributed by atoms with Crippen molar-refractivity contribution in [1.29, 1.82) is 0 Å². The summed E-state index contributed by atoms with van der Waals surface area (Å²) in [6.07, 6.45) is 3.91. The molecule has 1 aliphatic heterocycles. The highest BCUT2D eigenvalue weighted by molar-refractivity contribution is 5.76. The Bertz CT molecular complexity index is 472. The zero-order chi connectivity index (χ0) is 13.7. The first-order valence-corrected chi connectivity index (χ1v) is 6.29. The van der Waals surface area contributed by atoms with Gasteiger partial charge < -0.3 is 10.2 Å². The largest absolute Gasteiger partial charge is 0.369 e. The van der Waals surface area contributed by atoms with Crippen LogP contribution in [0, 0.1) is 10.1 Å². The number of aromatic nitrogens is 1. The van der Waals surface area contributed by atoms with E-state index in [1.807, 2.05) is 4.90 Å². The van der Waals surface area contributed by atoms with Gasteiger partial charge in [0.2, 0.25) is 5.91 Å². The number of likely N-dealkylation sites (tertiary alicyclic amines) is 1. The minimum absolute atomic E-state index is 0.0108. The topological polar surface area (TPSA) is 88.4 Å². The number of carbonyl (C=O) groups excluding carboxylic acids is 1. The van der Waals surface area contributed by atoms with Crippen LogP contribution in [0.1, 0.15) is 19.3 Å². The number of hydrogen-bond acceptors (Lipinski definition) is 5. The first-order valence-electron chi connectivity index (χ1n) is 6.29. The summed E-state index contributed by atoms with van der Waals surface area (Å²) < 4.78 is 0. The highest BCUT2D eigenvalue weighted by Crippen LogP contribution is 2.14. The van der Waals surface area contributed by atoms with Gasteiger partial charge in [0.1, 0.15) is 5.82 Å². The van der Waals surface area contributed by atoms with Crippen molar-refractivity contribution in [2.75, 3.05) is 25.0 Å². The second kappa shape index (κ2) is 6.12. The molecule has 0 radical (unpaired) electrons. The van der Waals surface area contributed by atoms with Crippen LogP contribution in [0.2, 0.25) is 0 Å². The molecule has 1 amide bonds. The molecule has 2 rings (SSSR count). The van der Waals surface area contributed by atoms with Crippen LogP contribution in [0.4, 0.5) is 11.5 Å². The third-order valence-electron chi connectivity index (χ3n) is 3.06. The number of rotatable bonds is 5. The fourth-order valence-corrected chi connectivity index (χ4v) is 2.05. The van der Waals surface area contributed by atoms with E-state index < -0.39 is 4.92 Å². The molecule has 0 aliphatic carbocycles. The highest BCUT2D eigenvalue weighted by atomic mass is 16.6. The zero-order valence-electron chi connectivity index (χ0n) is 10.5. The summed E-state index contributed by atoms with van der Waals surface area (Å²) in [6.45, 7) is 2.12. The van der Waals surface area contributed by atoms with Gasteiger partial charge in [-0.25, -0.2) is 4.98 Å². The first kappa shape index (κ1) is 13.3. The Morgan fingerprint density at radius 3 is 2.89 bits per heavy atom. The molecular formula is C12H16N4O3. The third kappa shape index (κ3) is 3.64. The summed E-state index contributed by atoms with van der Waals surface area (Å²) in [4.78, 5) is 27.7. The molecule has 0 unspecified atom stereocenters. The third-order valence-corrected chi connectivity index (χ3v) is 3.06. The van der Waals surface area contributed by atoms with Gasteiger partial charge in [-0.15, -0.1) is 0 Å². The minimum Gasteiger partial charge on any atom is -0.369 e. The van der Waals surface area contributed by atoms with E-state index in [0.29, 0.717) is 18.8 Å². The minimum atomic E-state index is -0.470. The summed E-state index contributed by atoms with van der Waals surface area (Å²) >= 11 is 0. The van der Waals surface area contributed by atoms with Gasteiger partial charge in [0.15, 0.2) is 0 Å². The SMILES string of the molecule is O=C(CCNc1cc([N+](=O)[O-])ccn1)N1CCCC1. The number of anilines is 1. The van der Waals surface area contributed by atoms with Gasteiger partial charge in [0.05, 0.1) is 11.0 Å². The molecule has 7 nitrogen and oxygen atoms in total. The lowest BCUT2D eigenvalue weighted by molar-refractivity contribution is -0.384. The van der Waals surface area contributed by atoms with Crippen molar-refractivity contribution in [3.8, 4) is 0 Å². The molecule has 0 spiro atoms. The molecule has 1 N–H and O–H groups in total. The number of nitrogens with zero attached hydrogens (tertiary/aromatic N) is 3. The molecule has 1 saturated heterocycles. The fraction of sp³-hybridized carbons (Fsp3) is 0.500. The second-order valence-corrected chi connectivity index (χ2v) is 4.42. The van der Waals surface area contributed by atoms with Gasteiger partial charge in [-0.2, -0.15) is 0 Å². The van der Waals surface area contributed by atoms with Crippen LogP contribution in [0.3, 0.4) is 0 Å². The van der Waals surface area contributed by atoms with E-state index in [-0.39, 0.29) is 11.6 Å². The van der Waals surface area contributed by atoms with Crippen molar-refractivity contribution < 1.29 is 9.72 Å². The molecule has 1 aromatic rings. The highest BCUT2D eigenvalue weighted by Gasteiger charge is 2.17. The normalized spacial score (nSPS) is 14.4. The van der Waals surface area contributed by atoms with Crippen LogP contribution < -0.4 is 5.32 Å². The van der Waals surface area contributed by atoms with Crippen molar-refractivity contribution in [1.82, 2.24) is 9.88 Å². The molecule has 1 fully saturated rings. The Hall–Kier alpha value is -2.18. The maximum atomic E-state index is 11.8. The van der Waals surface area contributed by atoms with Crippen LogP contribution in [-0.4, -0.2) is 40.3 Å². The van der Waals surface area contributed by atoms with Crippen molar-refractivity contribution in [2.45, 2.75) is 19.3 Å². The van der Waals surface area contributed by atoms with E-state index in [4.69, 9.17) is 0 Å². The van der Waals surface area contributed by atoms with E-state index in [9.17, 15) is 14.9 Å². The van der Waals surface area contributed by atoms with Crippen LogP contribution in [0.15, 0.2) is 18.3 Å². The van der Waals surface area contributed by atoms with Gasteiger partial charge in [0, 0.05) is 38.3 Å². The van der Waals surface area contributed by atoms with Crippen LogP contribution in [-0.2, 0) is 4.79 Å². The van der Waals surface area contributed by atoms with Crippen molar-refractivity contribution in [3.63, 3.8) is 0 Å². The lowest BCUT2D eigenvalue weighted by atomic mass is 10.3.